The molecule has 2 atom stereocenters. The van der Waals surface area contributed by atoms with E-state index in [0.29, 0.717) is 0 Å². The van der Waals surface area contributed by atoms with Crippen LogP contribution in [0.15, 0.2) is 36.5 Å². The second kappa shape index (κ2) is 6.12. The highest BCUT2D eigenvalue weighted by Gasteiger charge is 2.35. The van der Waals surface area contributed by atoms with Crippen molar-refractivity contribution in [2.24, 2.45) is 0 Å². The van der Waals surface area contributed by atoms with Crippen LogP contribution in [0.3, 0.4) is 0 Å². The van der Waals surface area contributed by atoms with Crippen LogP contribution in [-0.4, -0.2) is 27.2 Å². The summed E-state index contributed by atoms with van der Waals surface area (Å²) in [6, 6.07) is 10.5. The van der Waals surface area contributed by atoms with Crippen molar-refractivity contribution in [1.29, 1.82) is 0 Å². The minimum absolute atomic E-state index is 0.0404. The molecule has 1 amide bonds. The van der Waals surface area contributed by atoms with Gasteiger partial charge in [-0.1, -0.05) is 30.3 Å². The van der Waals surface area contributed by atoms with E-state index < -0.39 is 0 Å². The van der Waals surface area contributed by atoms with Crippen molar-refractivity contribution in [3.63, 3.8) is 0 Å². The third-order valence-corrected chi connectivity index (χ3v) is 6.12. The van der Waals surface area contributed by atoms with Crippen LogP contribution in [0.1, 0.15) is 53.1 Å². The van der Waals surface area contributed by atoms with Crippen molar-refractivity contribution in [3.8, 4) is 5.75 Å². The van der Waals surface area contributed by atoms with Crippen LogP contribution in [0.25, 0.3) is 5.65 Å². The summed E-state index contributed by atoms with van der Waals surface area (Å²) in [6.07, 6.45) is 6.06. The summed E-state index contributed by atoms with van der Waals surface area (Å²) in [4.78, 5) is 18.1. The van der Waals surface area contributed by atoms with E-state index in [2.05, 4.69) is 41.8 Å². The minimum Gasteiger partial charge on any atom is -0.482 e. The molecule has 1 saturated heterocycles. The number of nitrogens with zero attached hydrogens (tertiary/aromatic N) is 3. The Bertz CT molecular complexity index is 1030. The monoisotopic (exact) mass is 361 g/mol. The summed E-state index contributed by atoms with van der Waals surface area (Å²) in [7, 11) is 0. The van der Waals surface area contributed by atoms with Crippen molar-refractivity contribution in [3.05, 3.63) is 64.6 Å². The van der Waals surface area contributed by atoms with Gasteiger partial charge in [-0.05, 0) is 44.2 Å². The maximum atomic E-state index is 11.4. The Morgan fingerprint density at radius 2 is 2.00 bits per heavy atom. The Hall–Kier alpha value is -2.82. The van der Waals surface area contributed by atoms with Gasteiger partial charge in [0.05, 0.1) is 11.7 Å². The van der Waals surface area contributed by atoms with E-state index in [-0.39, 0.29) is 12.1 Å². The van der Waals surface area contributed by atoms with Crippen LogP contribution in [-0.2, 0) is 11.2 Å². The van der Waals surface area contributed by atoms with Crippen molar-refractivity contribution >= 4 is 12.1 Å². The van der Waals surface area contributed by atoms with Crippen molar-refractivity contribution in [2.45, 2.75) is 45.3 Å². The van der Waals surface area contributed by atoms with E-state index in [1.54, 1.807) is 0 Å². The van der Waals surface area contributed by atoms with Crippen LogP contribution in [0.4, 0.5) is 0 Å². The van der Waals surface area contributed by atoms with Gasteiger partial charge in [0.15, 0.2) is 11.4 Å². The molecule has 0 bridgehead atoms. The maximum absolute atomic E-state index is 11.4. The van der Waals surface area contributed by atoms with Crippen LogP contribution in [0, 0.1) is 13.8 Å². The number of hydrogen-bond acceptors (Lipinski definition) is 3. The van der Waals surface area contributed by atoms with Gasteiger partial charge in [0.25, 0.3) is 0 Å². The first-order valence-electron chi connectivity index (χ1n) is 9.61. The van der Waals surface area contributed by atoms with Crippen molar-refractivity contribution < 1.29 is 9.53 Å². The summed E-state index contributed by atoms with van der Waals surface area (Å²) < 4.78 is 8.67. The molecule has 27 heavy (non-hydrogen) atoms. The molecule has 0 spiro atoms. The summed E-state index contributed by atoms with van der Waals surface area (Å²) >= 11 is 0. The molecular weight excluding hydrogens is 338 g/mol. The van der Waals surface area contributed by atoms with Crippen LogP contribution in [0.5, 0.6) is 5.75 Å². The van der Waals surface area contributed by atoms with Crippen LogP contribution >= 0.6 is 0 Å². The predicted molar refractivity (Wildman–Crippen MR) is 103 cm³/mol. The number of carbonyl (C=O) groups is 1. The molecule has 5 heteroatoms. The maximum Gasteiger partial charge on any atom is 0.210 e. The molecule has 2 aliphatic rings. The number of fused-ring (bicyclic) bond motifs is 3. The lowest BCUT2D eigenvalue weighted by Gasteiger charge is -2.40. The Balaban J connectivity index is 1.66. The number of benzene rings is 1. The number of ether oxygens (including phenoxy) is 1. The highest BCUT2D eigenvalue weighted by Crippen LogP contribution is 2.44. The van der Waals surface area contributed by atoms with E-state index in [0.717, 1.165) is 55.0 Å². The highest BCUT2D eigenvalue weighted by molar-refractivity contribution is 5.64. The Kier molecular flexibility index (Phi) is 3.71. The zero-order valence-electron chi connectivity index (χ0n) is 15.7. The molecule has 0 radical (unpaired) electrons. The summed E-state index contributed by atoms with van der Waals surface area (Å²) in [5.74, 6) is 0.890. The Morgan fingerprint density at radius 3 is 2.70 bits per heavy atom. The number of aryl methyl sites for hydroxylation is 2. The molecule has 1 aromatic carbocycles. The molecular formula is C22H23N3O2. The molecule has 1 unspecified atom stereocenters. The molecule has 2 aliphatic heterocycles. The summed E-state index contributed by atoms with van der Waals surface area (Å²) in [5.41, 5.74) is 6.66. The van der Waals surface area contributed by atoms with E-state index >= 15 is 0 Å². The zero-order chi connectivity index (χ0) is 18.5. The third-order valence-electron chi connectivity index (χ3n) is 6.12. The second-order valence-corrected chi connectivity index (χ2v) is 7.57. The van der Waals surface area contributed by atoms with Crippen LogP contribution in [0.2, 0.25) is 0 Å². The average molecular weight is 361 g/mol. The first kappa shape index (κ1) is 16.4. The molecule has 5 nitrogen and oxygen atoms in total. The quantitative estimate of drug-likeness (QED) is 0.664. The number of carbonyl (C=O) groups excluding carboxylic acids is 1. The molecule has 138 valence electrons. The molecule has 3 aromatic rings. The van der Waals surface area contributed by atoms with E-state index in [4.69, 9.17) is 9.72 Å². The van der Waals surface area contributed by atoms with Gasteiger partial charge >= 0.3 is 0 Å². The number of likely N-dealkylation sites (tertiary alicyclic amines) is 1. The van der Waals surface area contributed by atoms with Gasteiger partial charge in [0, 0.05) is 24.0 Å². The zero-order valence-corrected chi connectivity index (χ0v) is 15.7. The van der Waals surface area contributed by atoms with Crippen molar-refractivity contribution in [2.75, 3.05) is 6.54 Å². The molecule has 1 fully saturated rings. The normalized spacial score (nSPS) is 21.5. The molecule has 0 saturated carbocycles. The SMILES string of the molecule is Cc1nc2c3c(c(C4CCN4C=O)cn2c1C)CC[C@H](c1ccccc1)O3. The highest BCUT2D eigenvalue weighted by atomic mass is 16.5. The van der Waals surface area contributed by atoms with Gasteiger partial charge in [-0.3, -0.25) is 4.79 Å². The van der Waals surface area contributed by atoms with Gasteiger partial charge in [-0.25, -0.2) is 4.98 Å². The van der Waals surface area contributed by atoms with E-state index in [1.165, 1.54) is 16.7 Å². The fourth-order valence-electron chi connectivity index (χ4n) is 4.34. The first-order chi connectivity index (χ1) is 13.2. The molecule has 0 N–H and O–H groups in total. The van der Waals surface area contributed by atoms with E-state index in [9.17, 15) is 4.79 Å². The van der Waals surface area contributed by atoms with Gasteiger partial charge in [0.2, 0.25) is 6.41 Å². The molecule has 5 rings (SSSR count). The van der Waals surface area contributed by atoms with Gasteiger partial charge in [-0.2, -0.15) is 0 Å². The predicted octanol–water partition coefficient (Wildman–Crippen LogP) is 3.92. The Labute approximate surface area is 158 Å². The lowest BCUT2D eigenvalue weighted by atomic mass is 9.88. The number of aromatic nitrogens is 2. The molecule has 2 aromatic heterocycles. The number of pyridine rings is 1. The number of amides is 1. The fourth-order valence-corrected chi connectivity index (χ4v) is 4.34. The number of imidazole rings is 1. The smallest absolute Gasteiger partial charge is 0.210 e. The lowest BCUT2D eigenvalue weighted by molar-refractivity contribution is -0.125. The molecule has 0 aliphatic carbocycles. The Morgan fingerprint density at radius 1 is 1.19 bits per heavy atom. The topological polar surface area (TPSA) is 46.8 Å². The first-order valence-corrected chi connectivity index (χ1v) is 9.61. The van der Waals surface area contributed by atoms with Crippen LogP contribution < -0.4 is 4.74 Å². The fraction of sp³-hybridized carbons (Fsp3) is 0.364. The molecule has 4 heterocycles. The number of rotatable bonds is 3. The largest absolute Gasteiger partial charge is 0.482 e. The minimum atomic E-state index is 0.0404. The van der Waals surface area contributed by atoms with Gasteiger partial charge < -0.3 is 14.0 Å². The summed E-state index contributed by atoms with van der Waals surface area (Å²) in [6.45, 7) is 4.95. The lowest BCUT2D eigenvalue weighted by Crippen LogP contribution is -2.40. The standard InChI is InChI=1S/C22H23N3O2/c1-14-15(2)25-12-18(19-10-11-24(19)13-26)17-8-9-20(16-6-4-3-5-7-16)27-21(17)22(25)23-14/h3-7,12-13,19-20H,8-11H2,1-2H3/t19?,20-/m1/s1. The second-order valence-electron chi connectivity index (χ2n) is 7.57. The van der Waals surface area contributed by atoms with Gasteiger partial charge in [0.1, 0.15) is 6.10 Å². The number of hydrogen-bond donors (Lipinski definition) is 0. The average Bonchev–Trinajstić information content (AvgIpc) is 2.96. The summed E-state index contributed by atoms with van der Waals surface area (Å²) in [5, 5.41) is 0. The van der Waals surface area contributed by atoms with E-state index in [1.807, 2.05) is 17.9 Å². The van der Waals surface area contributed by atoms with Gasteiger partial charge in [-0.15, -0.1) is 0 Å². The third kappa shape index (κ3) is 2.45. The van der Waals surface area contributed by atoms with Crippen molar-refractivity contribution in [1.82, 2.24) is 14.3 Å².